The van der Waals surface area contributed by atoms with E-state index in [-0.39, 0.29) is 11.0 Å². The van der Waals surface area contributed by atoms with Crippen LogP contribution in [0.1, 0.15) is 24.2 Å². The molecule has 0 heterocycles. The van der Waals surface area contributed by atoms with E-state index in [2.05, 4.69) is 5.32 Å². The molecule has 0 aromatic heterocycles. The van der Waals surface area contributed by atoms with Crippen LogP contribution in [0.15, 0.2) is 24.3 Å². The second-order valence-corrected chi connectivity index (χ2v) is 3.95. The van der Waals surface area contributed by atoms with Gasteiger partial charge in [-0.15, -0.1) is 0 Å². The van der Waals surface area contributed by atoms with Crippen LogP contribution in [-0.4, -0.2) is 29.0 Å². The van der Waals surface area contributed by atoms with E-state index in [1.807, 2.05) is 26.0 Å². The number of hydrogen-bond acceptors (Lipinski definition) is 2. The molecule has 0 saturated carbocycles. The SMILES string of the molecule is CCN(CC)C(=O)c1ccccc1NC(N)=S. The molecule has 0 bridgehead atoms. The first-order valence-electron chi connectivity index (χ1n) is 5.54. The molecule has 4 nitrogen and oxygen atoms in total. The number of amides is 1. The molecule has 1 aromatic rings. The van der Waals surface area contributed by atoms with E-state index in [0.717, 1.165) is 0 Å². The molecule has 17 heavy (non-hydrogen) atoms. The summed E-state index contributed by atoms with van der Waals surface area (Å²) < 4.78 is 0. The number of nitrogens with zero attached hydrogens (tertiary/aromatic N) is 1. The summed E-state index contributed by atoms with van der Waals surface area (Å²) in [5, 5.41) is 2.98. The largest absolute Gasteiger partial charge is 0.376 e. The number of benzene rings is 1. The van der Waals surface area contributed by atoms with Crippen LogP contribution in [0.2, 0.25) is 0 Å². The molecule has 1 rings (SSSR count). The molecular weight excluding hydrogens is 234 g/mol. The fourth-order valence-corrected chi connectivity index (χ4v) is 1.70. The summed E-state index contributed by atoms with van der Waals surface area (Å²) in [6.07, 6.45) is 0. The van der Waals surface area contributed by atoms with E-state index in [1.54, 1.807) is 17.0 Å². The van der Waals surface area contributed by atoms with Crippen LogP contribution in [0, 0.1) is 0 Å². The lowest BCUT2D eigenvalue weighted by atomic mass is 10.1. The molecule has 0 saturated heterocycles. The fourth-order valence-electron chi connectivity index (χ4n) is 1.59. The standard InChI is InChI=1S/C12H17N3OS/c1-3-15(4-2)11(16)9-7-5-6-8-10(9)14-12(13)17/h5-8H,3-4H2,1-2H3,(H3,13,14,17). The molecule has 0 unspecified atom stereocenters. The van der Waals surface area contributed by atoms with E-state index in [1.165, 1.54) is 0 Å². The Labute approximate surface area is 107 Å². The fraction of sp³-hybridized carbons (Fsp3) is 0.333. The maximum absolute atomic E-state index is 12.2. The third kappa shape index (κ3) is 3.42. The molecular formula is C12H17N3OS. The first-order valence-corrected chi connectivity index (χ1v) is 5.95. The molecule has 0 aliphatic carbocycles. The average molecular weight is 251 g/mol. The monoisotopic (exact) mass is 251 g/mol. The van der Waals surface area contributed by atoms with Gasteiger partial charge in [-0.2, -0.15) is 0 Å². The summed E-state index contributed by atoms with van der Waals surface area (Å²) in [5.74, 6) is -0.0191. The zero-order valence-corrected chi connectivity index (χ0v) is 10.9. The van der Waals surface area contributed by atoms with Gasteiger partial charge in [0.1, 0.15) is 0 Å². The smallest absolute Gasteiger partial charge is 0.255 e. The lowest BCUT2D eigenvalue weighted by molar-refractivity contribution is 0.0774. The number of nitrogens with one attached hydrogen (secondary N) is 1. The van der Waals surface area contributed by atoms with Crippen molar-refractivity contribution in [2.45, 2.75) is 13.8 Å². The van der Waals surface area contributed by atoms with Crippen molar-refractivity contribution in [3.05, 3.63) is 29.8 Å². The molecule has 5 heteroatoms. The normalized spacial score (nSPS) is 9.76. The predicted octanol–water partition coefficient (Wildman–Crippen LogP) is 1.82. The van der Waals surface area contributed by atoms with Gasteiger partial charge in [0, 0.05) is 13.1 Å². The van der Waals surface area contributed by atoms with Crippen molar-refractivity contribution in [2.75, 3.05) is 18.4 Å². The van der Waals surface area contributed by atoms with Gasteiger partial charge < -0.3 is 16.0 Å². The number of hydrogen-bond donors (Lipinski definition) is 2. The van der Waals surface area contributed by atoms with Gasteiger partial charge in [-0.05, 0) is 38.2 Å². The summed E-state index contributed by atoms with van der Waals surface area (Å²) in [6.45, 7) is 5.25. The zero-order chi connectivity index (χ0) is 12.8. The summed E-state index contributed by atoms with van der Waals surface area (Å²) in [5.41, 5.74) is 6.67. The van der Waals surface area contributed by atoms with Gasteiger partial charge in [0.2, 0.25) is 0 Å². The minimum atomic E-state index is -0.0191. The number of thiocarbonyl (C=S) groups is 1. The van der Waals surface area contributed by atoms with Crippen molar-refractivity contribution < 1.29 is 4.79 Å². The minimum absolute atomic E-state index is 0.0191. The second-order valence-electron chi connectivity index (χ2n) is 3.51. The number of nitrogens with two attached hydrogens (primary N) is 1. The summed E-state index contributed by atoms with van der Waals surface area (Å²) in [7, 11) is 0. The zero-order valence-electron chi connectivity index (χ0n) is 10.1. The third-order valence-corrected chi connectivity index (χ3v) is 2.57. The van der Waals surface area contributed by atoms with Crippen molar-refractivity contribution in [1.82, 2.24) is 4.90 Å². The number of carbonyl (C=O) groups excluding carboxylic acids is 1. The number of rotatable bonds is 4. The minimum Gasteiger partial charge on any atom is -0.376 e. The lowest BCUT2D eigenvalue weighted by Crippen LogP contribution is -2.31. The van der Waals surface area contributed by atoms with E-state index in [9.17, 15) is 4.79 Å². The molecule has 0 radical (unpaired) electrons. The molecule has 1 aromatic carbocycles. The first kappa shape index (κ1) is 13.4. The van der Waals surface area contributed by atoms with Crippen LogP contribution in [0.5, 0.6) is 0 Å². The number of para-hydroxylation sites is 1. The number of anilines is 1. The highest BCUT2D eigenvalue weighted by atomic mass is 32.1. The van der Waals surface area contributed by atoms with Crippen molar-refractivity contribution in [3.63, 3.8) is 0 Å². The number of carbonyl (C=O) groups is 1. The molecule has 0 atom stereocenters. The Hall–Kier alpha value is -1.62. The molecule has 1 amide bonds. The van der Waals surface area contributed by atoms with Crippen molar-refractivity contribution in [3.8, 4) is 0 Å². The Bertz CT molecular complexity index is 416. The Morgan fingerprint density at radius 3 is 2.47 bits per heavy atom. The van der Waals surface area contributed by atoms with Gasteiger partial charge >= 0.3 is 0 Å². The summed E-state index contributed by atoms with van der Waals surface area (Å²) in [6, 6.07) is 7.21. The van der Waals surface area contributed by atoms with Gasteiger partial charge in [0.25, 0.3) is 5.91 Å². The quantitative estimate of drug-likeness (QED) is 0.801. The van der Waals surface area contributed by atoms with Crippen LogP contribution in [-0.2, 0) is 0 Å². The highest BCUT2D eigenvalue weighted by Gasteiger charge is 2.15. The molecule has 0 spiro atoms. The summed E-state index contributed by atoms with van der Waals surface area (Å²) >= 11 is 4.79. The Kier molecular flexibility index (Phi) is 4.90. The second kappa shape index (κ2) is 6.20. The van der Waals surface area contributed by atoms with Crippen LogP contribution in [0.25, 0.3) is 0 Å². The van der Waals surface area contributed by atoms with Gasteiger partial charge in [0.05, 0.1) is 11.3 Å². The molecule has 0 fully saturated rings. The molecule has 0 aliphatic heterocycles. The average Bonchev–Trinajstić information content (AvgIpc) is 2.30. The van der Waals surface area contributed by atoms with Gasteiger partial charge in [-0.1, -0.05) is 12.1 Å². The maximum Gasteiger partial charge on any atom is 0.255 e. The highest BCUT2D eigenvalue weighted by molar-refractivity contribution is 7.80. The van der Waals surface area contributed by atoms with Crippen LogP contribution in [0.3, 0.4) is 0 Å². The topological polar surface area (TPSA) is 58.4 Å². The molecule has 0 aliphatic rings. The predicted molar refractivity (Wildman–Crippen MR) is 74.1 cm³/mol. The Morgan fingerprint density at radius 2 is 1.94 bits per heavy atom. The van der Waals surface area contributed by atoms with Crippen LogP contribution < -0.4 is 11.1 Å². The van der Waals surface area contributed by atoms with E-state index in [4.69, 9.17) is 18.0 Å². The Morgan fingerprint density at radius 1 is 1.35 bits per heavy atom. The van der Waals surface area contributed by atoms with Crippen molar-refractivity contribution in [1.29, 1.82) is 0 Å². The highest BCUT2D eigenvalue weighted by Crippen LogP contribution is 2.17. The van der Waals surface area contributed by atoms with Crippen LogP contribution >= 0.6 is 12.2 Å². The maximum atomic E-state index is 12.2. The molecule has 3 N–H and O–H groups in total. The van der Waals surface area contributed by atoms with E-state index in [0.29, 0.717) is 24.3 Å². The van der Waals surface area contributed by atoms with Gasteiger partial charge in [-0.3, -0.25) is 4.79 Å². The summed E-state index contributed by atoms with van der Waals surface area (Å²) in [4.78, 5) is 14.0. The third-order valence-electron chi connectivity index (χ3n) is 2.47. The van der Waals surface area contributed by atoms with E-state index >= 15 is 0 Å². The first-order chi connectivity index (χ1) is 8.10. The molecule has 92 valence electrons. The van der Waals surface area contributed by atoms with Crippen LogP contribution in [0.4, 0.5) is 5.69 Å². The Balaban J connectivity index is 3.03. The van der Waals surface area contributed by atoms with Crippen molar-refractivity contribution in [2.24, 2.45) is 5.73 Å². The van der Waals surface area contributed by atoms with Gasteiger partial charge in [0.15, 0.2) is 5.11 Å². The van der Waals surface area contributed by atoms with Crippen molar-refractivity contribution >= 4 is 28.9 Å². The van der Waals surface area contributed by atoms with Gasteiger partial charge in [-0.25, -0.2) is 0 Å². The van der Waals surface area contributed by atoms with E-state index < -0.39 is 0 Å². The lowest BCUT2D eigenvalue weighted by Gasteiger charge is -2.20.